The summed E-state index contributed by atoms with van der Waals surface area (Å²) in [4.78, 5) is 8.50. The number of hydrogen-bond donors (Lipinski definition) is 0. The zero-order chi connectivity index (χ0) is 17.6. The number of ether oxygens (including phenoxy) is 2. The zero-order valence-electron chi connectivity index (χ0n) is 14.1. The average Bonchev–Trinajstić information content (AvgIpc) is 2.67. The predicted molar refractivity (Wildman–Crippen MR) is 101 cm³/mol. The Morgan fingerprint density at radius 2 is 1.64 bits per heavy atom. The molecule has 4 nitrogen and oxygen atoms in total. The maximum Gasteiger partial charge on any atom is 0.161 e. The van der Waals surface area contributed by atoms with E-state index in [0.717, 1.165) is 33.6 Å². The molecule has 1 aromatic carbocycles. The van der Waals surface area contributed by atoms with Crippen molar-refractivity contribution in [3.05, 3.63) is 82.3 Å². The van der Waals surface area contributed by atoms with Crippen LogP contribution in [-0.2, 0) is 6.42 Å². The van der Waals surface area contributed by atoms with Crippen LogP contribution in [0.15, 0.2) is 65.7 Å². The second-order valence-electron chi connectivity index (χ2n) is 5.64. The normalized spacial score (nSPS) is 11.8. The first kappa shape index (κ1) is 17.4. The van der Waals surface area contributed by atoms with E-state index in [0.29, 0.717) is 0 Å². The van der Waals surface area contributed by atoms with Gasteiger partial charge >= 0.3 is 0 Å². The largest absolute Gasteiger partial charge is 0.493 e. The molecule has 5 heteroatoms. The van der Waals surface area contributed by atoms with E-state index in [2.05, 4.69) is 38.0 Å². The summed E-state index contributed by atoms with van der Waals surface area (Å²) in [5, 5.41) is 0. The number of rotatable bonds is 6. The van der Waals surface area contributed by atoms with Crippen LogP contribution in [0.4, 0.5) is 0 Å². The fourth-order valence-corrected chi connectivity index (χ4v) is 3.08. The van der Waals surface area contributed by atoms with Crippen molar-refractivity contribution in [3.63, 3.8) is 0 Å². The molecule has 0 spiro atoms. The Balaban J connectivity index is 2.02. The monoisotopic (exact) mass is 398 g/mol. The van der Waals surface area contributed by atoms with Crippen molar-refractivity contribution in [1.82, 2.24) is 9.97 Å². The van der Waals surface area contributed by atoms with E-state index in [1.165, 1.54) is 5.56 Å². The van der Waals surface area contributed by atoms with Gasteiger partial charge in [0.25, 0.3) is 0 Å². The first-order valence-electron chi connectivity index (χ1n) is 7.93. The SMILES string of the molecule is COc1ccc(C(Cc2ccncc2)c2ccc(Br)nc2)cc1OC. The minimum Gasteiger partial charge on any atom is -0.493 e. The van der Waals surface area contributed by atoms with Crippen LogP contribution in [0, 0.1) is 0 Å². The maximum absolute atomic E-state index is 5.47. The van der Waals surface area contributed by atoms with Crippen molar-refractivity contribution < 1.29 is 9.47 Å². The molecule has 0 saturated heterocycles. The van der Waals surface area contributed by atoms with Crippen molar-refractivity contribution >= 4 is 15.9 Å². The molecule has 1 unspecified atom stereocenters. The van der Waals surface area contributed by atoms with E-state index in [9.17, 15) is 0 Å². The van der Waals surface area contributed by atoms with Crippen molar-refractivity contribution in [2.24, 2.45) is 0 Å². The number of benzene rings is 1. The molecule has 2 heterocycles. The van der Waals surface area contributed by atoms with E-state index < -0.39 is 0 Å². The summed E-state index contributed by atoms with van der Waals surface area (Å²) < 4.78 is 11.7. The highest BCUT2D eigenvalue weighted by atomic mass is 79.9. The summed E-state index contributed by atoms with van der Waals surface area (Å²) in [5.74, 6) is 1.61. The van der Waals surface area contributed by atoms with Crippen LogP contribution in [-0.4, -0.2) is 24.2 Å². The van der Waals surface area contributed by atoms with E-state index in [1.54, 1.807) is 14.2 Å². The van der Waals surface area contributed by atoms with Gasteiger partial charge in [0.1, 0.15) is 4.60 Å². The maximum atomic E-state index is 5.47. The Labute approximate surface area is 156 Å². The number of hydrogen-bond acceptors (Lipinski definition) is 4. The van der Waals surface area contributed by atoms with Gasteiger partial charge in [-0.1, -0.05) is 12.1 Å². The molecule has 0 N–H and O–H groups in total. The molecule has 25 heavy (non-hydrogen) atoms. The fourth-order valence-electron chi connectivity index (χ4n) is 2.85. The Morgan fingerprint density at radius 3 is 2.28 bits per heavy atom. The number of halogens is 1. The van der Waals surface area contributed by atoms with Crippen molar-refractivity contribution in [1.29, 1.82) is 0 Å². The van der Waals surface area contributed by atoms with Crippen LogP contribution < -0.4 is 9.47 Å². The van der Waals surface area contributed by atoms with E-state index in [4.69, 9.17) is 9.47 Å². The summed E-state index contributed by atoms with van der Waals surface area (Å²) in [6.45, 7) is 0. The van der Waals surface area contributed by atoms with E-state index in [-0.39, 0.29) is 5.92 Å². The first-order valence-corrected chi connectivity index (χ1v) is 8.73. The molecule has 3 aromatic rings. The van der Waals surface area contributed by atoms with Crippen LogP contribution in [0.2, 0.25) is 0 Å². The van der Waals surface area contributed by atoms with Gasteiger partial charge in [-0.25, -0.2) is 4.98 Å². The van der Waals surface area contributed by atoms with Gasteiger partial charge < -0.3 is 9.47 Å². The molecule has 0 amide bonds. The third-order valence-electron chi connectivity index (χ3n) is 4.15. The van der Waals surface area contributed by atoms with E-state index in [1.807, 2.05) is 48.9 Å². The van der Waals surface area contributed by atoms with Gasteiger partial charge in [0.15, 0.2) is 11.5 Å². The topological polar surface area (TPSA) is 44.2 Å². The number of aromatic nitrogens is 2. The standard InChI is InChI=1S/C20H19BrN2O2/c1-24-18-5-3-15(12-19(18)25-2)17(11-14-7-9-22-10-8-14)16-4-6-20(21)23-13-16/h3-10,12-13,17H,11H2,1-2H3. The Bertz CT molecular complexity index is 823. The van der Waals surface area contributed by atoms with Crippen molar-refractivity contribution in [3.8, 4) is 11.5 Å². The third-order valence-corrected chi connectivity index (χ3v) is 4.62. The molecule has 2 aromatic heterocycles. The highest BCUT2D eigenvalue weighted by molar-refractivity contribution is 9.10. The van der Waals surface area contributed by atoms with Gasteiger partial charge in [-0.3, -0.25) is 4.98 Å². The second kappa shape index (κ2) is 8.12. The van der Waals surface area contributed by atoms with Crippen molar-refractivity contribution in [2.45, 2.75) is 12.3 Å². The molecule has 1 atom stereocenters. The average molecular weight is 399 g/mol. The van der Waals surface area contributed by atoms with Crippen molar-refractivity contribution in [2.75, 3.05) is 14.2 Å². The van der Waals surface area contributed by atoms with Crippen LogP contribution in [0.25, 0.3) is 0 Å². The molecule has 0 aliphatic carbocycles. The lowest BCUT2D eigenvalue weighted by molar-refractivity contribution is 0.354. The molecule has 0 aliphatic rings. The second-order valence-corrected chi connectivity index (χ2v) is 6.45. The lowest BCUT2D eigenvalue weighted by atomic mass is 9.87. The van der Waals surface area contributed by atoms with Crippen LogP contribution in [0.3, 0.4) is 0 Å². The number of nitrogens with zero attached hydrogens (tertiary/aromatic N) is 2. The Morgan fingerprint density at radius 1 is 0.920 bits per heavy atom. The van der Waals surface area contributed by atoms with Crippen LogP contribution >= 0.6 is 15.9 Å². The smallest absolute Gasteiger partial charge is 0.161 e. The Kier molecular flexibility index (Phi) is 5.66. The molecule has 0 fully saturated rings. The highest BCUT2D eigenvalue weighted by Gasteiger charge is 2.18. The lowest BCUT2D eigenvalue weighted by Crippen LogP contribution is -2.06. The van der Waals surface area contributed by atoms with Crippen LogP contribution in [0.1, 0.15) is 22.6 Å². The Hall–Kier alpha value is -2.40. The van der Waals surface area contributed by atoms with Gasteiger partial charge in [-0.2, -0.15) is 0 Å². The summed E-state index contributed by atoms with van der Waals surface area (Å²) in [6, 6.07) is 14.2. The zero-order valence-corrected chi connectivity index (χ0v) is 15.7. The fraction of sp³-hybridized carbons (Fsp3) is 0.200. The highest BCUT2D eigenvalue weighted by Crippen LogP contribution is 2.35. The van der Waals surface area contributed by atoms with E-state index >= 15 is 0 Å². The molecule has 0 radical (unpaired) electrons. The summed E-state index contributed by atoms with van der Waals surface area (Å²) in [7, 11) is 3.30. The molecule has 128 valence electrons. The minimum absolute atomic E-state index is 0.155. The third kappa shape index (κ3) is 4.17. The number of pyridine rings is 2. The minimum atomic E-state index is 0.155. The van der Waals surface area contributed by atoms with Gasteiger partial charge in [0.2, 0.25) is 0 Å². The van der Waals surface area contributed by atoms with Gasteiger partial charge in [-0.15, -0.1) is 0 Å². The quantitative estimate of drug-likeness (QED) is 0.567. The predicted octanol–water partition coefficient (Wildman–Crippen LogP) is 4.63. The molecular weight excluding hydrogens is 380 g/mol. The molecular formula is C20H19BrN2O2. The summed E-state index contributed by atoms with van der Waals surface area (Å²) in [5.41, 5.74) is 3.52. The molecule has 0 aliphatic heterocycles. The molecule has 3 rings (SSSR count). The van der Waals surface area contributed by atoms with Gasteiger partial charge in [0.05, 0.1) is 14.2 Å². The lowest BCUT2D eigenvalue weighted by Gasteiger charge is -2.19. The summed E-state index contributed by atoms with van der Waals surface area (Å²) >= 11 is 3.40. The molecule has 0 bridgehead atoms. The van der Waals surface area contributed by atoms with Gasteiger partial charge in [0, 0.05) is 24.5 Å². The number of methoxy groups -OCH3 is 2. The molecule has 0 saturated carbocycles. The summed E-state index contributed by atoms with van der Waals surface area (Å²) in [6.07, 6.45) is 6.40. The first-order chi connectivity index (χ1) is 12.2. The van der Waals surface area contributed by atoms with Crippen LogP contribution in [0.5, 0.6) is 11.5 Å². The van der Waals surface area contributed by atoms with Gasteiger partial charge in [-0.05, 0) is 69.4 Å².